The van der Waals surface area contributed by atoms with Crippen molar-refractivity contribution in [1.82, 2.24) is 9.55 Å². The lowest BCUT2D eigenvalue weighted by Crippen LogP contribution is -2.17. The first-order chi connectivity index (χ1) is 16.6. The first kappa shape index (κ1) is 21.6. The van der Waals surface area contributed by atoms with Gasteiger partial charge in [-0.25, -0.2) is 4.98 Å². The summed E-state index contributed by atoms with van der Waals surface area (Å²) in [4.78, 5) is 30.2. The minimum absolute atomic E-state index is 0.143. The maximum absolute atomic E-state index is 13.1. The van der Waals surface area contributed by atoms with Gasteiger partial charge in [0, 0.05) is 22.6 Å². The van der Waals surface area contributed by atoms with Crippen molar-refractivity contribution >= 4 is 35.0 Å². The Labute approximate surface area is 199 Å². The maximum atomic E-state index is 13.1. The highest BCUT2D eigenvalue weighted by molar-refractivity contribution is 7.98. The lowest BCUT2D eigenvalue weighted by atomic mass is 10.2. The average Bonchev–Trinajstić information content (AvgIpc) is 3.51. The number of para-hydroxylation sites is 1. The van der Waals surface area contributed by atoms with E-state index in [0.29, 0.717) is 39.3 Å². The normalized spacial score (nSPS) is 11.8. The van der Waals surface area contributed by atoms with E-state index in [2.05, 4.69) is 15.6 Å². The third kappa shape index (κ3) is 4.33. The second kappa shape index (κ2) is 9.32. The number of nitrogens with one attached hydrogen (secondary N) is 2. The third-order valence-electron chi connectivity index (χ3n) is 5.17. The highest BCUT2D eigenvalue weighted by Crippen LogP contribution is 2.32. The summed E-state index contributed by atoms with van der Waals surface area (Å²) >= 11 is 1.46. The minimum atomic E-state index is -0.309. The number of hydrogen-bond acceptors (Lipinski definition) is 6. The van der Waals surface area contributed by atoms with E-state index < -0.39 is 0 Å². The van der Waals surface area contributed by atoms with Crippen LogP contribution in [-0.4, -0.2) is 34.4 Å². The fraction of sp³-hybridized carbons (Fsp3) is 0.0800. The maximum Gasteiger partial charge on any atom is 0.274 e. The smallest absolute Gasteiger partial charge is 0.274 e. The average molecular weight is 473 g/mol. The standard InChI is InChI=1S/C25H20N4O4S/c1-34-25-26-14-20(29(25)19-8-3-2-4-9-19)24(31)28-18-7-5-6-17(13-18)27-23(30)16-10-11-21-22(12-16)33-15-32-21/h2-14H,15H2,1H3,(H,27,30)(H,28,31). The Morgan fingerprint density at radius 3 is 2.38 bits per heavy atom. The van der Waals surface area contributed by atoms with Gasteiger partial charge in [0.05, 0.1) is 6.20 Å². The van der Waals surface area contributed by atoms with E-state index in [1.807, 2.05) is 41.2 Å². The molecule has 2 amide bonds. The Kier molecular flexibility index (Phi) is 5.92. The second-order valence-electron chi connectivity index (χ2n) is 7.36. The van der Waals surface area contributed by atoms with Gasteiger partial charge in [0.15, 0.2) is 16.7 Å². The molecule has 0 spiro atoms. The number of amides is 2. The molecule has 1 aliphatic rings. The van der Waals surface area contributed by atoms with Gasteiger partial charge in [0.25, 0.3) is 11.8 Å². The first-order valence-electron chi connectivity index (χ1n) is 10.4. The zero-order chi connectivity index (χ0) is 23.5. The Morgan fingerprint density at radius 1 is 0.882 bits per heavy atom. The largest absolute Gasteiger partial charge is 0.454 e. The van der Waals surface area contributed by atoms with Gasteiger partial charge in [-0.15, -0.1) is 0 Å². The van der Waals surface area contributed by atoms with Gasteiger partial charge in [-0.1, -0.05) is 36.0 Å². The predicted octanol–water partition coefficient (Wildman–Crippen LogP) is 4.83. The number of nitrogens with zero attached hydrogens (tertiary/aromatic N) is 2. The van der Waals surface area contributed by atoms with Crippen LogP contribution < -0.4 is 20.1 Å². The van der Waals surface area contributed by atoms with Gasteiger partial charge in [-0.05, 0) is 54.8 Å². The number of thioether (sulfide) groups is 1. The molecular formula is C25H20N4O4S. The van der Waals surface area contributed by atoms with Crippen LogP contribution in [0, 0.1) is 0 Å². The number of carbonyl (C=O) groups excluding carboxylic acids is 2. The van der Waals surface area contributed by atoms with Crippen LogP contribution in [-0.2, 0) is 0 Å². The second-order valence-corrected chi connectivity index (χ2v) is 8.13. The molecule has 0 bridgehead atoms. The summed E-state index contributed by atoms with van der Waals surface area (Å²) in [6.07, 6.45) is 3.47. The molecule has 0 atom stereocenters. The Balaban J connectivity index is 1.33. The van der Waals surface area contributed by atoms with Crippen molar-refractivity contribution in [3.8, 4) is 17.2 Å². The van der Waals surface area contributed by atoms with Crippen LogP contribution in [0.1, 0.15) is 20.8 Å². The summed E-state index contributed by atoms with van der Waals surface area (Å²) in [6.45, 7) is 0.143. The number of imidazole rings is 1. The Morgan fingerprint density at radius 2 is 1.62 bits per heavy atom. The SMILES string of the molecule is CSc1ncc(C(=O)Nc2cccc(NC(=O)c3ccc4c(c3)OCO4)c2)n1-c1ccccc1. The van der Waals surface area contributed by atoms with Crippen molar-refractivity contribution in [1.29, 1.82) is 0 Å². The van der Waals surface area contributed by atoms with Crippen LogP contribution in [0.5, 0.6) is 11.5 Å². The van der Waals surface area contributed by atoms with Gasteiger partial charge in [-0.3, -0.25) is 14.2 Å². The summed E-state index contributed by atoms with van der Waals surface area (Å²) < 4.78 is 12.4. The van der Waals surface area contributed by atoms with Gasteiger partial charge < -0.3 is 20.1 Å². The van der Waals surface area contributed by atoms with E-state index in [0.717, 1.165) is 5.69 Å². The van der Waals surface area contributed by atoms with Crippen LogP contribution in [0.15, 0.2) is 84.1 Å². The fourth-order valence-corrected chi connectivity index (χ4v) is 4.12. The molecule has 3 aromatic carbocycles. The molecule has 5 rings (SSSR count). The van der Waals surface area contributed by atoms with Gasteiger partial charge in [0.2, 0.25) is 6.79 Å². The molecule has 170 valence electrons. The Bertz CT molecular complexity index is 1370. The molecule has 1 aromatic heterocycles. The molecule has 0 radical (unpaired) electrons. The molecule has 2 N–H and O–H groups in total. The summed E-state index contributed by atoms with van der Waals surface area (Å²) in [7, 11) is 0. The molecular weight excluding hydrogens is 452 g/mol. The minimum Gasteiger partial charge on any atom is -0.454 e. The van der Waals surface area contributed by atoms with Crippen LogP contribution in [0.25, 0.3) is 5.69 Å². The van der Waals surface area contributed by atoms with E-state index in [1.165, 1.54) is 11.8 Å². The number of anilines is 2. The lowest BCUT2D eigenvalue weighted by Gasteiger charge is -2.12. The van der Waals surface area contributed by atoms with Crippen molar-refractivity contribution < 1.29 is 19.1 Å². The third-order valence-corrected chi connectivity index (χ3v) is 5.83. The summed E-state index contributed by atoms with van der Waals surface area (Å²) in [5.74, 6) is 0.540. The monoisotopic (exact) mass is 472 g/mol. The zero-order valence-electron chi connectivity index (χ0n) is 18.1. The molecule has 9 heteroatoms. The van der Waals surface area contributed by atoms with E-state index in [-0.39, 0.29) is 18.6 Å². The van der Waals surface area contributed by atoms with Crippen molar-refractivity contribution in [2.24, 2.45) is 0 Å². The van der Waals surface area contributed by atoms with Crippen LogP contribution in [0.4, 0.5) is 11.4 Å². The molecule has 2 heterocycles. The number of carbonyl (C=O) groups is 2. The van der Waals surface area contributed by atoms with Gasteiger partial charge in [-0.2, -0.15) is 0 Å². The number of aromatic nitrogens is 2. The van der Waals surface area contributed by atoms with Gasteiger partial charge >= 0.3 is 0 Å². The van der Waals surface area contributed by atoms with Crippen molar-refractivity contribution in [2.45, 2.75) is 5.16 Å². The highest BCUT2D eigenvalue weighted by atomic mass is 32.2. The Hall–Kier alpha value is -4.24. The molecule has 0 saturated heterocycles. The highest BCUT2D eigenvalue weighted by Gasteiger charge is 2.19. The quantitative estimate of drug-likeness (QED) is 0.391. The molecule has 4 aromatic rings. The fourth-order valence-electron chi connectivity index (χ4n) is 3.58. The van der Waals surface area contributed by atoms with Crippen molar-refractivity contribution in [3.05, 3.63) is 90.3 Å². The molecule has 0 aliphatic carbocycles. The lowest BCUT2D eigenvalue weighted by molar-refractivity contribution is 0.101. The number of hydrogen-bond donors (Lipinski definition) is 2. The molecule has 8 nitrogen and oxygen atoms in total. The number of fused-ring (bicyclic) bond motifs is 1. The summed E-state index contributed by atoms with van der Waals surface area (Å²) in [6, 6.07) is 21.5. The van der Waals surface area contributed by atoms with E-state index in [1.54, 1.807) is 48.7 Å². The van der Waals surface area contributed by atoms with E-state index in [9.17, 15) is 9.59 Å². The predicted molar refractivity (Wildman–Crippen MR) is 130 cm³/mol. The first-order valence-corrected chi connectivity index (χ1v) is 11.6. The molecule has 0 unspecified atom stereocenters. The number of rotatable bonds is 6. The number of ether oxygens (including phenoxy) is 2. The van der Waals surface area contributed by atoms with Crippen LogP contribution in [0.3, 0.4) is 0 Å². The summed E-state index contributed by atoms with van der Waals surface area (Å²) in [5.41, 5.74) is 2.78. The summed E-state index contributed by atoms with van der Waals surface area (Å²) in [5, 5.41) is 6.45. The topological polar surface area (TPSA) is 94.5 Å². The van der Waals surface area contributed by atoms with Crippen LogP contribution in [0.2, 0.25) is 0 Å². The zero-order valence-corrected chi connectivity index (χ0v) is 19.0. The molecule has 0 fully saturated rings. The van der Waals surface area contributed by atoms with E-state index >= 15 is 0 Å². The molecule has 0 saturated carbocycles. The van der Waals surface area contributed by atoms with Crippen LogP contribution >= 0.6 is 11.8 Å². The van der Waals surface area contributed by atoms with E-state index in [4.69, 9.17) is 9.47 Å². The number of benzene rings is 3. The molecule has 34 heavy (non-hydrogen) atoms. The van der Waals surface area contributed by atoms with Crippen molar-refractivity contribution in [2.75, 3.05) is 23.7 Å². The van der Waals surface area contributed by atoms with Gasteiger partial charge in [0.1, 0.15) is 5.69 Å². The van der Waals surface area contributed by atoms with Crippen molar-refractivity contribution in [3.63, 3.8) is 0 Å². The molecule has 1 aliphatic heterocycles.